The van der Waals surface area contributed by atoms with E-state index in [4.69, 9.17) is 0 Å². The van der Waals surface area contributed by atoms with Gasteiger partial charge in [-0.2, -0.15) is 0 Å². The molecule has 5 heteroatoms. The molecule has 2 rings (SSSR count). The zero-order valence-corrected chi connectivity index (χ0v) is 13.3. The minimum Gasteiger partial charge on any atom is -0.353 e. The molecule has 22 heavy (non-hydrogen) atoms. The summed E-state index contributed by atoms with van der Waals surface area (Å²) in [5.41, 5.74) is 1.09. The summed E-state index contributed by atoms with van der Waals surface area (Å²) in [4.78, 5) is 25.6. The molecule has 2 N–H and O–H groups in total. The lowest BCUT2D eigenvalue weighted by atomic mass is 10.0. The Morgan fingerprint density at radius 2 is 1.82 bits per heavy atom. The van der Waals surface area contributed by atoms with Gasteiger partial charge in [0.25, 0.3) is 0 Å². The molecule has 5 nitrogen and oxygen atoms in total. The minimum absolute atomic E-state index is 0.00667. The van der Waals surface area contributed by atoms with E-state index in [9.17, 15) is 9.59 Å². The average molecular weight is 303 g/mol. The van der Waals surface area contributed by atoms with Gasteiger partial charge in [0, 0.05) is 31.6 Å². The Morgan fingerprint density at radius 1 is 1.18 bits per heavy atom. The molecule has 120 valence electrons. The fourth-order valence-corrected chi connectivity index (χ4v) is 2.48. The number of urea groups is 1. The topological polar surface area (TPSA) is 61.4 Å². The van der Waals surface area contributed by atoms with Crippen LogP contribution in [0.25, 0.3) is 0 Å². The van der Waals surface area contributed by atoms with Crippen molar-refractivity contribution >= 4 is 11.9 Å². The van der Waals surface area contributed by atoms with Gasteiger partial charge in [0.2, 0.25) is 5.91 Å². The molecular weight excluding hydrogens is 278 g/mol. The molecule has 0 spiro atoms. The first-order valence-corrected chi connectivity index (χ1v) is 7.93. The molecule has 1 aromatic rings. The summed E-state index contributed by atoms with van der Waals surface area (Å²) >= 11 is 0. The van der Waals surface area contributed by atoms with E-state index >= 15 is 0 Å². The summed E-state index contributed by atoms with van der Waals surface area (Å²) in [5, 5.41) is 5.98. The van der Waals surface area contributed by atoms with Crippen LogP contribution < -0.4 is 10.6 Å². The maximum absolute atomic E-state index is 12.1. The van der Waals surface area contributed by atoms with E-state index in [1.165, 1.54) is 0 Å². The third-order valence-corrected chi connectivity index (χ3v) is 3.94. The minimum atomic E-state index is -0.0301. The van der Waals surface area contributed by atoms with Crippen molar-refractivity contribution in [3.8, 4) is 0 Å². The van der Waals surface area contributed by atoms with Gasteiger partial charge >= 0.3 is 6.03 Å². The van der Waals surface area contributed by atoms with Crippen LogP contribution in [0.15, 0.2) is 30.3 Å². The predicted octanol–water partition coefficient (Wildman–Crippen LogP) is 2.13. The monoisotopic (exact) mass is 303 g/mol. The van der Waals surface area contributed by atoms with Gasteiger partial charge in [-0.05, 0) is 18.4 Å². The van der Waals surface area contributed by atoms with E-state index in [1.54, 1.807) is 0 Å². The van der Waals surface area contributed by atoms with E-state index < -0.39 is 0 Å². The van der Waals surface area contributed by atoms with Crippen LogP contribution in [0.4, 0.5) is 4.79 Å². The highest BCUT2D eigenvalue weighted by Gasteiger charge is 2.24. The third-order valence-electron chi connectivity index (χ3n) is 3.94. The number of amides is 3. The summed E-state index contributed by atoms with van der Waals surface area (Å²) in [6, 6.07) is 10.0. The molecule has 3 amide bonds. The first-order valence-electron chi connectivity index (χ1n) is 7.93. The van der Waals surface area contributed by atoms with Crippen molar-refractivity contribution in [1.82, 2.24) is 15.5 Å². The van der Waals surface area contributed by atoms with Gasteiger partial charge in [0.15, 0.2) is 0 Å². The number of nitrogens with zero attached hydrogens (tertiary/aromatic N) is 1. The highest BCUT2D eigenvalue weighted by Crippen LogP contribution is 2.11. The second-order valence-electron chi connectivity index (χ2n) is 6.07. The maximum Gasteiger partial charge on any atom is 0.317 e. The quantitative estimate of drug-likeness (QED) is 0.895. The number of rotatable bonds is 4. The normalized spacial score (nSPS) is 15.7. The standard InChI is InChI=1S/C17H25N3O2/c1-13(2)16(21)19-15-8-10-20(11-9-15)17(22)18-12-14-6-4-3-5-7-14/h3-7,13,15H,8-12H2,1-2H3,(H,18,22)(H,19,21). The van der Waals surface area contributed by atoms with Crippen molar-refractivity contribution in [3.63, 3.8) is 0 Å². The molecule has 1 heterocycles. The van der Waals surface area contributed by atoms with Gasteiger partial charge in [0.05, 0.1) is 0 Å². The zero-order chi connectivity index (χ0) is 15.9. The number of benzene rings is 1. The summed E-state index contributed by atoms with van der Waals surface area (Å²) in [7, 11) is 0. The Morgan fingerprint density at radius 3 is 2.41 bits per heavy atom. The second-order valence-corrected chi connectivity index (χ2v) is 6.07. The summed E-state index contributed by atoms with van der Waals surface area (Å²) < 4.78 is 0. The van der Waals surface area contributed by atoms with Crippen LogP contribution in [0, 0.1) is 5.92 Å². The van der Waals surface area contributed by atoms with Crippen molar-refractivity contribution in [2.75, 3.05) is 13.1 Å². The van der Waals surface area contributed by atoms with E-state index in [2.05, 4.69) is 10.6 Å². The van der Waals surface area contributed by atoms with Crippen LogP contribution in [0.2, 0.25) is 0 Å². The Hall–Kier alpha value is -2.04. The van der Waals surface area contributed by atoms with Gasteiger partial charge in [-0.1, -0.05) is 44.2 Å². The van der Waals surface area contributed by atoms with E-state index in [0.29, 0.717) is 19.6 Å². The molecule has 1 aliphatic heterocycles. The molecule has 0 aromatic heterocycles. The largest absolute Gasteiger partial charge is 0.353 e. The first-order chi connectivity index (χ1) is 10.6. The third kappa shape index (κ3) is 4.76. The highest BCUT2D eigenvalue weighted by molar-refractivity contribution is 5.78. The predicted molar refractivity (Wildman–Crippen MR) is 86.3 cm³/mol. The van der Waals surface area contributed by atoms with E-state index in [0.717, 1.165) is 18.4 Å². The lowest BCUT2D eigenvalue weighted by Crippen LogP contribution is -2.49. The first kappa shape index (κ1) is 16.3. The van der Waals surface area contributed by atoms with Crippen LogP contribution in [0.3, 0.4) is 0 Å². The molecule has 1 fully saturated rings. The average Bonchev–Trinajstić information content (AvgIpc) is 2.54. The van der Waals surface area contributed by atoms with E-state index in [-0.39, 0.29) is 23.9 Å². The molecule has 0 unspecified atom stereocenters. The van der Waals surface area contributed by atoms with Crippen molar-refractivity contribution in [2.45, 2.75) is 39.3 Å². The van der Waals surface area contributed by atoms with Gasteiger partial charge in [-0.15, -0.1) is 0 Å². The fraction of sp³-hybridized carbons (Fsp3) is 0.529. The number of piperidine rings is 1. The molecule has 1 aromatic carbocycles. The van der Waals surface area contributed by atoms with Gasteiger partial charge < -0.3 is 15.5 Å². The molecular formula is C17H25N3O2. The van der Waals surface area contributed by atoms with Gasteiger partial charge in [-0.3, -0.25) is 4.79 Å². The smallest absolute Gasteiger partial charge is 0.317 e. The molecule has 0 bridgehead atoms. The van der Waals surface area contributed by atoms with E-state index in [1.807, 2.05) is 49.1 Å². The fourth-order valence-electron chi connectivity index (χ4n) is 2.48. The van der Waals surface area contributed by atoms with Gasteiger partial charge in [-0.25, -0.2) is 4.79 Å². The number of hydrogen-bond donors (Lipinski definition) is 2. The Bertz CT molecular complexity index is 494. The zero-order valence-electron chi connectivity index (χ0n) is 13.3. The molecule has 1 aliphatic rings. The van der Waals surface area contributed by atoms with Crippen molar-refractivity contribution in [3.05, 3.63) is 35.9 Å². The number of carbonyl (C=O) groups is 2. The van der Waals surface area contributed by atoms with Crippen LogP contribution in [0.1, 0.15) is 32.3 Å². The maximum atomic E-state index is 12.1. The van der Waals surface area contributed by atoms with Crippen molar-refractivity contribution in [2.24, 2.45) is 5.92 Å². The number of hydrogen-bond acceptors (Lipinski definition) is 2. The van der Waals surface area contributed by atoms with Crippen molar-refractivity contribution in [1.29, 1.82) is 0 Å². The molecule has 0 radical (unpaired) electrons. The number of nitrogens with one attached hydrogen (secondary N) is 2. The van der Waals surface area contributed by atoms with Crippen LogP contribution in [-0.2, 0) is 11.3 Å². The molecule has 1 saturated heterocycles. The van der Waals surface area contributed by atoms with Crippen molar-refractivity contribution < 1.29 is 9.59 Å². The Kier molecular flexibility index (Phi) is 5.81. The number of likely N-dealkylation sites (tertiary alicyclic amines) is 1. The Balaban J connectivity index is 1.72. The van der Waals surface area contributed by atoms with Crippen LogP contribution in [0.5, 0.6) is 0 Å². The number of carbonyl (C=O) groups excluding carboxylic acids is 2. The Labute approximate surface area is 132 Å². The van der Waals surface area contributed by atoms with Crippen LogP contribution >= 0.6 is 0 Å². The molecule has 0 saturated carbocycles. The molecule has 0 aliphatic carbocycles. The lowest BCUT2D eigenvalue weighted by Gasteiger charge is -2.32. The highest BCUT2D eigenvalue weighted by atomic mass is 16.2. The SMILES string of the molecule is CC(C)C(=O)NC1CCN(C(=O)NCc2ccccc2)CC1. The summed E-state index contributed by atoms with van der Waals surface area (Å²) in [6.07, 6.45) is 1.63. The second kappa shape index (κ2) is 7.82. The summed E-state index contributed by atoms with van der Waals surface area (Å²) in [6.45, 7) is 5.69. The molecule has 0 atom stereocenters. The van der Waals surface area contributed by atoms with Gasteiger partial charge in [0.1, 0.15) is 0 Å². The lowest BCUT2D eigenvalue weighted by molar-refractivity contribution is -0.124. The van der Waals surface area contributed by atoms with Crippen LogP contribution in [-0.4, -0.2) is 36.0 Å². The summed E-state index contributed by atoms with van der Waals surface area (Å²) in [5.74, 6) is 0.0965.